The summed E-state index contributed by atoms with van der Waals surface area (Å²) in [5.41, 5.74) is 0.348. The summed E-state index contributed by atoms with van der Waals surface area (Å²) >= 11 is 2.10. The zero-order chi connectivity index (χ0) is 8.32. The van der Waals surface area contributed by atoms with Gasteiger partial charge in [0, 0.05) is 5.54 Å². The van der Waals surface area contributed by atoms with Crippen LogP contribution in [0.25, 0.3) is 0 Å². The molecule has 66 valence electrons. The fourth-order valence-corrected chi connectivity index (χ4v) is 2.73. The van der Waals surface area contributed by atoms with Gasteiger partial charge in [-0.15, -0.1) is 0 Å². The lowest BCUT2D eigenvalue weighted by atomic mass is 9.83. The molecule has 0 radical (unpaired) electrons. The van der Waals surface area contributed by atoms with Crippen LogP contribution in [-0.2, 0) is 0 Å². The number of hydrogen-bond donors (Lipinski definition) is 1. The van der Waals surface area contributed by atoms with Crippen molar-refractivity contribution < 1.29 is 0 Å². The molecule has 0 aromatic heterocycles. The predicted octanol–water partition coefficient (Wildman–Crippen LogP) is 2.13. The van der Waals surface area contributed by atoms with Crippen LogP contribution in [0.2, 0.25) is 0 Å². The van der Waals surface area contributed by atoms with Crippen molar-refractivity contribution in [3.63, 3.8) is 0 Å². The Morgan fingerprint density at radius 2 is 1.82 bits per heavy atom. The minimum atomic E-state index is 0.348. The molecule has 1 aliphatic rings. The monoisotopic (exact) mass is 173 g/mol. The third-order valence-corrected chi connectivity index (χ3v) is 3.94. The van der Waals surface area contributed by atoms with Gasteiger partial charge in [-0.1, -0.05) is 0 Å². The number of rotatable bonds is 2. The smallest absolute Gasteiger partial charge is 0.0150 e. The van der Waals surface area contributed by atoms with E-state index in [0.29, 0.717) is 5.54 Å². The third kappa shape index (κ3) is 2.38. The minimum absolute atomic E-state index is 0.348. The molecule has 2 heteroatoms. The first-order valence-electron chi connectivity index (χ1n) is 4.43. The van der Waals surface area contributed by atoms with E-state index in [1.165, 1.54) is 24.3 Å². The second kappa shape index (κ2) is 3.81. The molecule has 0 unspecified atom stereocenters. The van der Waals surface area contributed by atoms with E-state index in [4.69, 9.17) is 0 Å². The summed E-state index contributed by atoms with van der Waals surface area (Å²) in [5.74, 6) is 3.60. The normalized spacial score (nSPS) is 22.1. The van der Waals surface area contributed by atoms with Gasteiger partial charge in [0.15, 0.2) is 0 Å². The highest BCUT2D eigenvalue weighted by atomic mass is 32.2. The van der Waals surface area contributed by atoms with Crippen LogP contribution in [0.1, 0.15) is 26.7 Å². The lowest BCUT2D eigenvalue weighted by Gasteiger charge is -2.36. The molecule has 1 rings (SSSR count). The number of thioether (sulfide) groups is 1. The second-order valence-corrected chi connectivity index (χ2v) is 5.08. The molecule has 0 spiro atoms. The van der Waals surface area contributed by atoms with Crippen molar-refractivity contribution in [2.24, 2.45) is 5.92 Å². The molecular formula is C9H19NS. The van der Waals surface area contributed by atoms with E-state index in [9.17, 15) is 0 Å². The SMILES string of the molecule is CNC(C)(C)C1CCSCC1. The highest BCUT2D eigenvalue weighted by molar-refractivity contribution is 7.99. The maximum absolute atomic E-state index is 3.40. The van der Waals surface area contributed by atoms with E-state index in [0.717, 1.165) is 5.92 Å². The fraction of sp³-hybridized carbons (Fsp3) is 1.00. The molecule has 1 heterocycles. The lowest BCUT2D eigenvalue weighted by molar-refractivity contribution is 0.253. The van der Waals surface area contributed by atoms with Gasteiger partial charge in [-0.2, -0.15) is 11.8 Å². The Morgan fingerprint density at radius 1 is 1.27 bits per heavy atom. The first kappa shape index (κ1) is 9.40. The predicted molar refractivity (Wildman–Crippen MR) is 53.2 cm³/mol. The van der Waals surface area contributed by atoms with Gasteiger partial charge in [0.2, 0.25) is 0 Å². The van der Waals surface area contributed by atoms with E-state index in [2.05, 4.69) is 38.0 Å². The Hall–Kier alpha value is 0.310. The standard InChI is InChI=1S/C9H19NS/c1-9(2,10-3)8-4-6-11-7-5-8/h8,10H,4-7H2,1-3H3. The van der Waals surface area contributed by atoms with Gasteiger partial charge in [-0.3, -0.25) is 0 Å². The molecule has 1 nitrogen and oxygen atoms in total. The fourth-order valence-electron chi connectivity index (χ4n) is 1.62. The van der Waals surface area contributed by atoms with Gasteiger partial charge in [0.1, 0.15) is 0 Å². The minimum Gasteiger partial charge on any atom is -0.315 e. The van der Waals surface area contributed by atoms with Crippen LogP contribution in [0, 0.1) is 5.92 Å². The third-order valence-electron chi connectivity index (χ3n) is 2.89. The van der Waals surface area contributed by atoms with Crippen molar-refractivity contribution in [2.45, 2.75) is 32.2 Å². The zero-order valence-electron chi connectivity index (χ0n) is 7.81. The Morgan fingerprint density at radius 3 is 2.27 bits per heavy atom. The van der Waals surface area contributed by atoms with E-state index < -0.39 is 0 Å². The highest BCUT2D eigenvalue weighted by Gasteiger charge is 2.28. The highest BCUT2D eigenvalue weighted by Crippen LogP contribution is 2.30. The summed E-state index contributed by atoms with van der Waals surface area (Å²) in [5, 5.41) is 3.40. The van der Waals surface area contributed by atoms with Crippen LogP contribution in [0.15, 0.2) is 0 Å². The van der Waals surface area contributed by atoms with Crippen LogP contribution < -0.4 is 5.32 Å². The summed E-state index contributed by atoms with van der Waals surface area (Å²) in [6.07, 6.45) is 2.77. The molecule has 0 bridgehead atoms. The van der Waals surface area contributed by atoms with Crippen molar-refractivity contribution in [1.82, 2.24) is 5.32 Å². The molecule has 0 atom stereocenters. The molecule has 11 heavy (non-hydrogen) atoms. The van der Waals surface area contributed by atoms with Crippen LogP contribution in [0.4, 0.5) is 0 Å². The lowest BCUT2D eigenvalue weighted by Crippen LogP contribution is -2.45. The van der Waals surface area contributed by atoms with Gasteiger partial charge in [-0.05, 0) is 51.2 Å². The average molecular weight is 173 g/mol. The van der Waals surface area contributed by atoms with Crippen molar-refractivity contribution in [3.8, 4) is 0 Å². The Kier molecular flexibility index (Phi) is 3.26. The Balaban J connectivity index is 2.43. The molecule has 0 amide bonds. The maximum atomic E-state index is 3.40. The van der Waals surface area contributed by atoms with Gasteiger partial charge in [-0.25, -0.2) is 0 Å². The van der Waals surface area contributed by atoms with Crippen LogP contribution in [0.5, 0.6) is 0 Å². The molecule has 0 aromatic carbocycles. The first-order valence-corrected chi connectivity index (χ1v) is 5.59. The largest absolute Gasteiger partial charge is 0.315 e. The van der Waals surface area contributed by atoms with Crippen molar-refractivity contribution >= 4 is 11.8 Å². The topological polar surface area (TPSA) is 12.0 Å². The van der Waals surface area contributed by atoms with Gasteiger partial charge in [0.05, 0.1) is 0 Å². The Labute approximate surface area is 74.3 Å². The number of hydrogen-bond acceptors (Lipinski definition) is 2. The van der Waals surface area contributed by atoms with Crippen molar-refractivity contribution in [3.05, 3.63) is 0 Å². The maximum Gasteiger partial charge on any atom is 0.0150 e. The van der Waals surface area contributed by atoms with E-state index in [1.54, 1.807) is 0 Å². The van der Waals surface area contributed by atoms with E-state index in [1.807, 2.05) is 0 Å². The molecular weight excluding hydrogens is 154 g/mol. The van der Waals surface area contributed by atoms with Gasteiger partial charge >= 0.3 is 0 Å². The second-order valence-electron chi connectivity index (χ2n) is 3.86. The summed E-state index contributed by atoms with van der Waals surface area (Å²) in [6.45, 7) is 4.63. The zero-order valence-corrected chi connectivity index (χ0v) is 8.63. The molecule has 1 fully saturated rings. The van der Waals surface area contributed by atoms with Crippen molar-refractivity contribution in [1.29, 1.82) is 0 Å². The summed E-state index contributed by atoms with van der Waals surface area (Å²) in [4.78, 5) is 0. The summed E-state index contributed by atoms with van der Waals surface area (Å²) in [7, 11) is 2.07. The van der Waals surface area contributed by atoms with Gasteiger partial charge in [0.25, 0.3) is 0 Å². The molecule has 1 aliphatic heterocycles. The molecule has 0 aromatic rings. The molecule has 0 saturated carbocycles. The number of nitrogens with one attached hydrogen (secondary N) is 1. The average Bonchev–Trinajstić information content (AvgIpc) is 2.06. The summed E-state index contributed by atoms with van der Waals surface area (Å²) in [6, 6.07) is 0. The van der Waals surface area contributed by atoms with Crippen molar-refractivity contribution in [2.75, 3.05) is 18.6 Å². The first-order chi connectivity index (χ1) is 5.17. The summed E-state index contributed by atoms with van der Waals surface area (Å²) < 4.78 is 0. The van der Waals surface area contributed by atoms with E-state index in [-0.39, 0.29) is 0 Å². The van der Waals surface area contributed by atoms with Crippen LogP contribution >= 0.6 is 11.8 Å². The van der Waals surface area contributed by atoms with Gasteiger partial charge < -0.3 is 5.32 Å². The molecule has 1 N–H and O–H groups in total. The molecule has 0 aliphatic carbocycles. The van der Waals surface area contributed by atoms with Crippen LogP contribution in [0.3, 0.4) is 0 Å². The van der Waals surface area contributed by atoms with E-state index >= 15 is 0 Å². The van der Waals surface area contributed by atoms with Crippen LogP contribution in [-0.4, -0.2) is 24.1 Å². The Bertz CT molecular complexity index is 117. The molecule has 1 saturated heterocycles. The quantitative estimate of drug-likeness (QED) is 0.686.